The molecule has 1 rings (SSSR count). The standard InChI is InChI=1S/C12H10F3NO4/c1-19-10(17)5-9(12(18)20-2)16-8-4-6(13)3-7(14)11(8)15/h3-5,16H,1-2H3/b9-5+. The molecule has 0 bridgehead atoms. The fourth-order valence-corrected chi connectivity index (χ4v) is 1.22. The lowest BCUT2D eigenvalue weighted by Gasteiger charge is -2.10. The molecule has 8 heteroatoms. The Morgan fingerprint density at radius 3 is 2.35 bits per heavy atom. The number of carbonyl (C=O) groups excluding carboxylic acids is 2. The summed E-state index contributed by atoms with van der Waals surface area (Å²) in [6.45, 7) is 0. The molecule has 0 saturated heterocycles. The van der Waals surface area contributed by atoms with Crippen LogP contribution in [0, 0.1) is 17.5 Å². The third kappa shape index (κ3) is 3.74. The summed E-state index contributed by atoms with van der Waals surface area (Å²) in [5, 5.41) is 2.08. The van der Waals surface area contributed by atoms with E-state index in [2.05, 4.69) is 14.8 Å². The summed E-state index contributed by atoms with van der Waals surface area (Å²) >= 11 is 0. The van der Waals surface area contributed by atoms with E-state index in [4.69, 9.17) is 0 Å². The van der Waals surface area contributed by atoms with E-state index >= 15 is 0 Å². The zero-order chi connectivity index (χ0) is 15.3. The molecule has 0 amide bonds. The fourth-order valence-electron chi connectivity index (χ4n) is 1.22. The van der Waals surface area contributed by atoms with Crippen LogP contribution in [0.25, 0.3) is 0 Å². The molecule has 1 N–H and O–H groups in total. The Balaban J connectivity index is 3.17. The average Bonchev–Trinajstić information content (AvgIpc) is 2.42. The number of esters is 2. The third-order valence-electron chi connectivity index (χ3n) is 2.13. The van der Waals surface area contributed by atoms with Crippen molar-refractivity contribution in [2.75, 3.05) is 19.5 Å². The van der Waals surface area contributed by atoms with Gasteiger partial charge in [0.2, 0.25) is 0 Å². The SMILES string of the molecule is COC(=O)/C=C(/Nc1cc(F)cc(F)c1F)C(=O)OC. The van der Waals surface area contributed by atoms with Crippen LogP contribution >= 0.6 is 0 Å². The Labute approximate surface area is 112 Å². The number of nitrogens with one attached hydrogen (secondary N) is 1. The van der Waals surface area contributed by atoms with Gasteiger partial charge in [0.05, 0.1) is 26.0 Å². The molecule has 0 saturated carbocycles. The van der Waals surface area contributed by atoms with E-state index in [-0.39, 0.29) is 0 Å². The topological polar surface area (TPSA) is 64.6 Å². The molecule has 0 aromatic heterocycles. The lowest BCUT2D eigenvalue weighted by atomic mass is 10.2. The summed E-state index contributed by atoms with van der Waals surface area (Å²) in [6.07, 6.45) is 0.661. The van der Waals surface area contributed by atoms with Crippen molar-refractivity contribution < 1.29 is 32.2 Å². The summed E-state index contributed by atoms with van der Waals surface area (Å²) in [7, 11) is 2.06. The second-order valence-electron chi connectivity index (χ2n) is 3.45. The highest BCUT2D eigenvalue weighted by Crippen LogP contribution is 2.21. The van der Waals surface area contributed by atoms with Crippen molar-refractivity contribution in [3.8, 4) is 0 Å². The molecule has 0 atom stereocenters. The maximum absolute atomic E-state index is 13.4. The Bertz CT molecular complexity index is 572. The molecule has 0 aliphatic rings. The minimum atomic E-state index is -1.45. The van der Waals surface area contributed by atoms with E-state index in [1.807, 2.05) is 0 Å². The monoisotopic (exact) mass is 289 g/mol. The summed E-state index contributed by atoms with van der Waals surface area (Å²) in [5.74, 6) is -5.90. The van der Waals surface area contributed by atoms with E-state index < -0.39 is 40.8 Å². The second-order valence-corrected chi connectivity index (χ2v) is 3.45. The number of carbonyl (C=O) groups is 2. The van der Waals surface area contributed by atoms with Gasteiger partial charge in [0.1, 0.15) is 11.5 Å². The Hall–Kier alpha value is -2.51. The van der Waals surface area contributed by atoms with Crippen LogP contribution < -0.4 is 5.32 Å². The molecule has 108 valence electrons. The smallest absolute Gasteiger partial charge is 0.354 e. The minimum absolute atomic E-state index is 0.336. The van der Waals surface area contributed by atoms with Crippen molar-refractivity contribution in [3.63, 3.8) is 0 Å². The van der Waals surface area contributed by atoms with Gasteiger partial charge in [-0.1, -0.05) is 0 Å². The molecule has 1 aromatic carbocycles. The highest BCUT2D eigenvalue weighted by atomic mass is 19.2. The molecule has 0 spiro atoms. The predicted octanol–water partition coefficient (Wildman–Crippen LogP) is 1.75. The van der Waals surface area contributed by atoms with Gasteiger partial charge >= 0.3 is 11.9 Å². The van der Waals surface area contributed by atoms with Crippen molar-refractivity contribution in [1.29, 1.82) is 0 Å². The first kappa shape index (κ1) is 15.5. The highest BCUT2D eigenvalue weighted by Gasteiger charge is 2.17. The van der Waals surface area contributed by atoms with Crippen LogP contribution in [0.3, 0.4) is 0 Å². The molecule has 0 heterocycles. The highest BCUT2D eigenvalue weighted by molar-refractivity contribution is 5.98. The zero-order valence-corrected chi connectivity index (χ0v) is 10.5. The fraction of sp³-hybridized carbons (Fsp3) is 0.167. The summed E-state index contributed by atoms with van der Waals surface area (Å²) in [5.41, 5.74) is -1.20. The van der Waals surface area contributed by atoms with Gasteiger partial charge in [0, 0.05) is 12.1 Å². The lowest BCUT2D eigenvalue weighted by molar-refractivity contribution is -0.138. The molecular formula is C12H10F3NO4. The first-order valence-electron chi connectivity index (χ1n) is 5.18. The van der Waals surface area contributed by atoms with Gasteiger partial charge in [-0.15, -0.1) is 0 Å². The van der Waals surface area contributed by atoms with Gasteiger partial charge in [-0.3, -0.25) is 0 Å². The van der Waals surface area contributed by atoms with Crippen LogP contribution in [0.2, 0.25) is 0 Å². The van der Waals surface area contributed by atoms with Crippen LogP contribution in [0.5, 0.6) is 0 Å². The number of halogens is 3. The quantitative estimate of drug-likeness (QED) is 0.519. The van der Waals surface area contributed by atoms with Crippen molar-refractivity contribution >= 4 is 17.6 Å². The van der Waals surface area contributed by atoms with E-state index in [1.54, 1.807) is 0 Å². The molecule has 0 aliphatic heterocycles. The third-order valence-corrected chi connectivity index (χ3v) is 2.13. The molecular weight excluding hydrogens is 279 g/mol. The second kappa shape index (κ2) is 6.60. The number of hydrogen-bond acceptors (Lipinski definition) is 5. The van der Waals surface area contributed by atoms with Gasteiger partial charge in [-0.25, -0.2) is 22.8 Å². The number of benzene rings is 1. The normalized spacial score (nSPS) is 10.9. The van der Waals surface area contributed by atoms with Gasteiger partial charge < -0.3 is 14.8 Å². The number of ether oxygens (including phenoxy) is 2. The van der Waals surface area contributed by atoms with Crippen LogP contribution in [0.1, 0.15) is 0 Å². The predicted molar refractivity (Wildman–Crippen MR) is 62.1 cm³/mol. The summed E-state index contributed by atoms with van der Waals surface area (Å²) < 4.78 is 48.1. The van der Waals surface area contributed by atoms with E-state index in [0.717, 1.165) is 14.2 Å². The van der Waals surface area contributed by atoms with Crippen LogP contribution in [-0.4, -0.2) is 26.2 Å². The van der Waals surface area contributed by atoms with Gasteiger partial charge in [-0.2, -0.15) is 0 Å². The Morgan fingerprint density at radius 2 is 1.80 bits per heavy atom. The molecule has 0 radical (unpaired) electrons. The number of hydrogen-bond donors (Lipinski definition) is 1. The molecule has 0 aliphatic carbocycles. The van der Waals surface area contributed by atoms with Crippen molar-refractivity contribution in [2.24, 2.45) is 0 Å². The van der Waals surface area contributed by atoms with Crippen molar-refractivity contribution in [2.45, 2.75) is 0 Å². The van der Waals surface area contributed by atoms with E-state index in [0.29, 0.717) is 18.2 Å². The largest absolute Gasteiger partial charge is 0.466 e. The minimum Gasteiger partial charge on any atom is -0.466 e. The Kier molecular flexibility index (Phi) is 5.13. The maximum Gasteiger partial charge on any atom is 0.354 e. The maximum atomic E-state index is 13.4. The summed E-state index contributed by atoms with van der Waals surface area (Å²) in [6, 6.07) is 0.953. The molecule has 5 nitrogen and oxygen atoms in total. The number of methoxy groups -OCH3 is 2. The number of anilines is 1. The van der Waals surface area contributed by atoms with Crippen LogP contribution in [-0.2, 0) is 19.1 Å². The van der Waals surface area contributed by atoms with Crippen LogP contribution in [0.4, 0.5) is 18.9 Å². The Morgan fingerprint density at radius 1 is 1.15 bits per heavy atom. The first-order chi connectivity index (χ1) is 9.38. The van der Waals surface area contributed by atoms with Crippen molar-refractivity contribution in [3.05, 3.63) is 41.4 Å². The zero-order valence-electron chi connectivity index (χ0n) is 10.5. The molecule has 20 heavy (non-hydrogen) atoms. The van der Waals surface area contributed by atoms with Crippen LogP contribution in [0.15, 0.2) is 23.9 Å². The van der Waals surface area contributed by atoms with Gasteiger partial charge in [-0.05, 0) is 0 Å². The van der Waals surface area contributed by atoms with E-state index in [9.17, 15) is 22.8 Å². The van der Waals surface area contributed by atoms with Gasteiger partial charge in [0.25, 0.3) is 0 Å². The molecule has 0 fully saturated rings. The lowest BCUT2D eigenvalue weighted by Crippen LogP contribution is -2.16. The molecule has 0 unspecified atom stereocenters. The average molecular weight is 289 g/mol. The first-order valence-corrected chi connectivity index (χ1v) is 5.18. The molecule has 1 aromatic rings. The van der Waals surface area contributed by atoms with Gasteiger partial charge in [0.15, 0.2) is 11.6 Å². The van der Waals surface area contributed by atoms with Crippen molar-refractivity contribution in [1.82, 2.24) is 0 Å². The van der Waals surface area contributed by atoms with E-state index in [1.165, 1.54) is 0 Å². The summed E-state index contributed by atoms with van der Waals surface area (Å²) in [4.78, 5) is 22.4. The number of rotatable bonds is 4.